The number of anilines is 1. The van der Waals surface area contributed by atoms with Gasteiger partial charge >= 0.3 is 5.97 Å². The summed E-state index contributed by atoms with van der Waals surface area (Å²) in [6.07, 6.45) is 0. The maximum Gasteiger partial charge on any atom is 0.338 e. The number of primary amides is 1. The second-order valence-corrected chi connectivity index (χ2v) is 6.94. The fraction of sp³-hybridized carbons (Fsp3) is 0.0952. The Labute approximate surface area is 171 Å². The molecule has 0 saturated carbocycles. The lowest BCUT2D eigenvalue weighted by Crippen LogP contribution is -2.20. The molecule has 7 nitrogen and oxygen atoms in total. The highest BCUT2D eigenvalue weighted by Gasteiger charge is 2.11. The Morgan fingerprint density at radius 3 is 2.59 bits per heavy atom. The number of ether oxygens (including phenoxy) is 2. The molecule has 0 radical (unpaired) electrons. The molecule has 2 aromatic carbocycles. The van der Waals surface area contributed by atoms with Gasteiger partial charge in [0.05, 0.1) is 10.4 Å². The van der Waals surface area contributed by atoms with Crippen molar-refractivity contribution >= 4 is 34.8 Å². The van der Waals surface area contributed by atoms with Gasteiger partial charge in [-0.1, -0.05) is 24.3 Å². The first-order chi connectivity index (χ1) is 14.0. The van der Waals surface area contributed by atoms with Crippen LogP contribution in [0.15, 0.2) is 66.0 Å². The predicted molar refractivity (Wildman–Crippen MR) is 109 cm³/mol. The summed E-state index contributed by atoms with van der Waals surface area (Å²) in [4.78, 5) is 35.9. The number of rotatable bonds is 8. The number of carbonyl (C=O) groups excluding carboxylic acids is 3. The Balaban J connectivity index is 1.59. The molecule has 3 aromatic rings. The summed E-state index contributed by atoms with van der Waals surface area (Å²) in [6.45, 7) is -0.203. The fourth-order valence-corrected chi connectivity index (χ4v) is 3.06. The van der Waals surface area contributed by atoms with E-state index in [0.717, 1.165) is 0 Å². The summed E-state index contributed by atoms with van der Waals surface area (Å²) in [5.41, 5.74) is 6.56. The molecule has 2 amide bonds. The Kier molecular flexibility index (Phi) is 6.59. The average Bonchev–Trinajstić information content (AvgIpc) is 3.26. The fourth-order valence-electron chi connectivity index (χ4n) is 2.44. The van der Waals surface area contributed by atoms with Crippen LogP contribution >= 0.6 is 11.3 Å². The lowest BCUT2D eigenvalue weighted by atomic mass is 10.2. The van der Waals surface area contributed by atoms with Crippen LogP contribution in [0.4, 0.5) is 5.69 Å². The van der Waals surface area contributed by atoms with Crippen molar-refractivity contribution in [1.29, 1.82) is 0 Å². The molecule has 0 fully saturated rings. The molecule has 1 aromatic heterocycles. The molecule has 29 heavy (non-hydrogen) atoms. The smallest absolute Gasteiger partial charge is 0.338 e. The van der Waals surface area contributed by atoms with E-state index in [1.54, 1.807) is 60.7 Å². The second-order valence-electron chi connectivity index (χ2n) is 5.99. The molecule has 0 aliphatic heterocycles. The molecular weight excluding hydrogens is 392 g/mol. The van der Waals surface area contributed by atoms with E-state index in [1.807, 2.05) is 5.38 Å². The van der Waals surface area contributed by atoms with Crippen molar-refractivity contribution in [2.24, 2.45) is 5.73 Å². The zero-order valence-corrected chi connectivity index (χ0v) is 16.1. The van der Waals surface area contributed by atoms with Crippen molar-refractivity contribution in [2.75, 3.05) is 11.9 Å². The first kappa shape index (κ1) is 20.1. The molecule has 0 unspecified atom stereocenters. The molecular formula is C21H18N2O5S. The van der Waals surface area contributed by atoms with Gasteiger partial charge in [-0.2, -0.15) is 0 Å². The molecule has 8 heteroatoms. The van der Waals surface area contributed by atoms with Crippen LogP contribution in [0.5, 0.6) is 5.75 Å². The van der Waals surface area contributed by atoms with E-state index in [2.05, 4.69) is 5.32 Å². The summed E-state index contributed by atoms with van der Waals surface area (Å²) < 4.78 is 10.6. The lowest BCUT2D eigenvalue weighted by Gasteiger charge is -2.09. The van der Waals surface area contributed by atoms with Gasteiger partial charge in [0.25, 0.3) is 11.8 Å². The summed E-state index contributed by atoms with van der Waals surface area (Å²) in [5.74, 6) is -0.887. The molecule has 0 aliphatic carbocycles. The van der Waals surface area contributed by atoms with Gasteiger partial charge in [-0.25, -0.2) is 4.79 Å². The van der Waals surface area contributed by atoms with E-state index < -0.39 is 11.9 Å². The average molecular weight is 410 g/mol. The zero-order valence-electron chi connectivity index (χ0n) is 15.3. The SMILES string of the molecule is NC(=O)COc1cccc(COC(=O)c2cccc(NC(=O)c3cccs3)c2)c1. The summed E-state index contributed by atoms with van der Waals surface area (Å²) in [7, 11) is 0. The van der Waals surface area contributed by atoms with Gasteiger partial charge in [0.1, 0.15) is 12.4 Å². The van der Waals surface area contributed by atoms with Gasteiger partial charge in [-0.05, 0) is 47.3 Å². The van der Waals surface area contributed by atoms with Gasteiger partial charge in [0, 0.05) is 5.69 Å². The summed E-state index contributed by atoms with van der Waals surface area (Å²) in [5, 5.41) is 4.57. The molecule has 0 atom stereocenters. The van der Waals surface area contributed by atoms with Crippen LogP contribution in [0.1, 0.15) is 25.6 Å². The lowest BCUT2D eigenvalue weighted by molar-refractivity contribution is -0.119. The number of amides is 2. The zero-order chi connectivity index (χ0) is 20.6. The van der Waals surface area contributed by atoms with Gasteiger partial charge in [-0.15, -0.1) is 11.3 Å². The Bertz CT molecular complexity index is 1020. The third-order valence-electron chi connectivity index (χ3n) is 3.75. The van der Waals surface area contributed by atoms with Crippen LogP contribution in [0, 0.1) is 0 Å². The monoisotopic (exact) mass is 410 g/mol. The third-order valence-corrected chi connectivity index (χ3v) is 4.62. The van der Waals surface area contributed by atoms with Gasteiger partial charge in [0.2, 0.25) is 0 Å². The molecule has 3 N–H and O–H groups in total. The van der Waals surface area contributed by atoms with Gasteiger partial charge in [0.15, 0.2) is 6.61 Å². The van der Waals surface area contributed by atoms with E-state index in [-0.39, 0.29) is 19.1 Å². The highest BCUT2D eigenvalue weighted by molar-refractivity contribution is 7.12. The number of benzene rings is 2. The van der Waals surface area contributed by atoms with E-state index in [1.165, 1.54) is 11.3 Å². The van der Waals surface area contributed by atoms with E-state index in [0.29, 0.717) is 27.4 Å². The highest BCUT2D eigenvalue weighted by atomic mass is 32.1. The topological polar surface area (TPSA) is 108 Å². The van der Waals surface area contributed by atoms with Crippen molar-refractivity contribution in [3.8, 4) is 5.75 Å². The minimum atomic E-state index is -0.576. The van der Waals surface area contributed by atoms with Crippen molar-refractivity contribution in [1.82, 2.24) is 0 Å². The van der Waals surface area contributed by atoms with Gasteiger partial charge < -0.3 is 20.5 Å². The molecule has 0 spiro atoms. The van der Waals surface area contributed by atoms with Crippen LogP contribution < -0.4 is 15.8 Å². The minimum absolute atomic E-state index is 0.0262. The van der Waals surface area contributed by atoms with Gasteiger partial charge in [-0.3, -0.25) is 9.59 Å². The molecule has 1 heterocycles. The van der Waals surface area contributed by atoms with Crippen LogP contribution in [0.2, 0.25) is 0 Å². The van der Waals surface area contributed by atoms with E-state index in [9.17, 15) is 14.4 Å². The minimum Gasteiger partial charge on any atom is -0.484 e. The molecule has 3 rings (SSSR count). The number of esters is 1. The molecule has 0 aliphatic rings. The summed E-state index contributed by atoms with van der Waals surface area (Å²) >= 11 is 1.33. The van der Waals surface area contributed by atoms with Crippen molar-refractivity contribution in [3.63, 3.8) is 0 Å². The van der Waals surface area contributed by atoms with Crippen molar-refractivity contribution < 1.29 is 23.9 Å². The Morgan fingerprint density at radius 1 is 1.00 bits per heavy atom. The van der Waals surface area contributed by atoms with E-state index in [4.69, 9.17) is 15.2 Å². The molecule has 0 bridgehead atoms. The normalized spacial score (nSPS) is 10.2. The number of nitrogens with one attached hydrogen (secondary N) is 1. The van der Waals surface area contributed by atoms with Crippen LogP contribution in [0.25, 0.3) is 0 Å². The number of nitrogens with two attached hydrogens (primary N) is 1. The van der Waals surface area contributed by atoms with Crippen molar-refractivity contribution in [3.05, 3.63) is 82.0 Å². The van der Waals surface area contributed by atoms with Crippen LogP contribution in [0.3, 0.4) is 0 Å². The van der Waals surface area contributed by atoms with Crippen LogP contribution in [-0.4, -0.2) is 24.4 Å². The molecule has 148 valence electrons. The quantitative estimate of drug-likeness (QED) is 0.555. The maximum atomic E-state index is 12.4. The highest BCUT2D eigenvalue weighted by Crippen LogP contribution is 2.17. The first-order valence-electron chi connectivity index (χ1n) is 8.63. The third kappa shape index (κ3) is 5.91. The standard InChI is InChI=1S/C21H18N2O5S/c22-19(24)13-27-17-7-1-4-14(10-17)12-28-21(26)15-5-2-6-16(11-15)23-20(25)18-8-3-9-29-18/h1-11H,12-13H2,(H2,22,24)(H,23,25). The summed E-state index contributed by atoms with van der Waals surface area (Å²) in [6, 6.07) is 16.9. The predicted octanol–water partition coefficient (Wildman–Crippen LogP) is 3.22. The Hall–Kier alpha value is -3.65. The number of carbonyl (C=O) groups is 3. The second kappa shape index (κ2) is 9.52. The number of hydrogen-bond donors (Lipinski definition) is 2. The van der Waals surface area contributed by atoms with E-state index >= 15 is 0 Å². The number of hydrogen-bond acceptors (Lipinski definition) is 6. The first-order valence-corrected chi connectivity index (χ1v) is 9.51. The number of thiophene rings is 1. The molecule has 0 saturated heterocycles. The van der Waals surface area contributed by atoms with Crippen molar-refractivity contribution in [2.45, 2.75) is 6.61 Å². The maximum absolute atomic E-state index is 12.4. The largest absolute Gasteiger partial charge is 0.484 e. The van der Waals surface area contributed by atoms with Crippen LogP contribution in [-0.2, 0) is 16.1 Å². The Morgan fingerprint density at radius 2 is 1.83 bits per heavy atom.